The molecule has 2 fully saturated rings. The van der Waals surface area contributed by atoms with Crippen molar-refractivity contribution in [3.05, 3.63) is 64.1 Å². The van der Waals surface area contributed by atoms with Gasteiger partial charge in [0.2, 0.25) is 10.0 Å². The van der Waals surface area contributed by atoms with E-state index in [1.807, 2.05) is 9.80 Å². The topological polar surface area (TPSA) is 60.9 Å². The fourth-order valence-corrected chi connectivity index (χ4v) is 5.88. The van der Waals surface area contributed by atoms with Gasteiger partial charge in [0.15, 0.2) is 0 Å². The molecule has 2 aromatic rings. The molecule has 0 aliphatic carbocycles. The molecule has 0 spiro atoms. The zero-order valence-electron chi connectivity index (χ0n) is 17.0. The number of urea groups is 1. The highest BCUT2D eigenvalue weighted by atomic mass is 79.9. The lowest BCUT2D eigenvalue weighted by molar-refractivity contribution is 0.153. The van der Waals surface area contributed by atoms with E-state index in [2.05, 4.69) is 47.1 Å². The van der Waals surface area contributed by atoms with Gasteiger partial charge in [-0.3, -0.25) is 0 Å². The van der Waals surface area contributed by atoms with Gasteiger partial charge in [-0.2, -0.15) is 4.31 Å². The van der Waals surface area contributed by atoms with E-state index >= 15 is 0 Å². The lowest BCUT2D eigenvalue weighted by atomic mass is 10.1. The van der Waals surface area contributed by atoms with Crippen LogP contribution in [0, 0.1) is 6.92 Å². The van der Waals surface area contributed by atoms with E-state index in [0.717, 1.165) is 10.0 Å². The van der Waals surface area contributed by atoms with Gasteiger partial charge in [-0.25, -0.2) is 13.2 Å². The molecule has 2 saturated heterocycles. The molecule has 2 amide bonds. The maximum atomic E-state index is 12.9. The van der Waals surface area contributed by atoms with E-state index in [1.54, 1.807) is 24.3 Å². The first-order chi connectivity index (χ1) is 14.3. The van der Waals surface area contributed by atoms with Crippen molar-refractivity contribution in [3.63, 3.8) is 0 Å². The second-order valence-corrected chi connectivity index (χ2v) is 10.8. The SMILES string of the molecule is Cc1ccc(CN2CCN(C3CCN(S(=O)(=O)c4ccc(Br)cc4)CC3)C2=O)cc1. The van der Waals surface area contributed by atoms with Gasteiger partial charge >= 0.3 is 6.03 Å². The number of hydrogen-bond acceptors (Lipinski definition) is 3. The Bertz CT molecular complexity index is 1000. The molecule has 0 N–H and O–H groups in total. The van der Waals surface area contributed by atoms with Crippen molar-refractivity contribution in [2.45, 2.75) is 37.2 Å². The number of amides is 2. The Labute approximate surface area is 186 Å². The van der Waals surface area contributed by atoms with Gasteiger partial charge in [0.25, 0.3) is 0 Å². The number of carbonyl (C=O) groups is 1. The first-order valence-corrected chi connectivity index (χ1v) is 12.4. The van der Waals surface area contributed by atoms with E-state index in [4.69, 9.17) is 0 Å². The molecule has 0 saturated carbocycles. The number of sulfonamides is 1. The third-order valence-corrected chi connectivity index (χ3v) is 8.38. The summed E-state index contributed by atoms with van der Waals surface area (Å²) in [6.07, 6.45) is 1.33. The average Bonchev–Trinajstić information content (AvgIpc) is 3.10. The molecule has 2 aliphatic rings. The van der Waals surface area contributed by atoms with Crippen molar-refractivity contribution < 1.29 is 13.2 Å². The summed E-state index contributed by atoms with van der Waals surface area (Å²) in [4.78, 5) is 17.0. The molecule has 2 heterocycles. The molecule has 0 bridgehead atoms. The Kier molecular flexibility index (Phi) is 6.18. The summed E-state index contributed by atoms with van der Waals surface area (Å²) in [5.74, 6) is 0. The predicted molar refractivity (Wildman–Crippen MR) is 120 cm³/mol. The van der Waals surface area contributed by atoms with Gasteiger partial charge in [-0.05, 0) is 49.6 Å². The molecular weight excluding hydrogens is 466 g/mol. The number of rotatable bonds is 5. The van der Waals surface area contributed by atoms with Gasteiger partial charge in [-0.15, -0.1) is 0 Å². The van der Waals surface area contributed by atoms with Crippen molar-refractivity contribution in [1.82, 2.24) is 14.1 Å². The zero-order valence-corrected chi connectivity index (χ0v) is 19.4. The predicted octanol–water partition coefficient (Wildman–Crippen LogP) is 3.85. The van der Waals surface area contributed by atoms with Crippen molar-refractivity contribution >= 4 is 32.0 Å². The Balaban J connectivity index is 1.35. The van der Waals surface area contributed by atoms with Crippen LogP contribution in [0.3, 0.4) is 0 Å². The van der Waals surface area contributed by atoms with Crippen LogP contribution >= 0.6 is 15.9 Å². The molecule has 2 aliphatic heterocycles. The Morgan fingerprint density at radius 3 is 2.20 bits per heavy atom. The molecule has 30 heavy (non-hydrogen) atoms. The third-order valence-electron chi connectivity index (χ3n) is 5.94. The Hall–Kier alpha value is -1.90. The highest BCUT2D eigenvalue weighted by Gasteiger charge is 2.37. The summed E-state index contributed by atoms with van der Waals surface area (Å²) in [6, 6.07) is 15.1. The molecule has 6 nitrogen and oxygen atoms in total. The number of aryl methyl sites for hydroxylation is 1. The number of piperidine rings is 1. The molecule has 8 heteroatoms. The van der Waals surface area contributed by atoms with Gasteiger partial charge in [-0.1, -0.05) is 45.8 Å². The van der Waals surface area contributed by atoms with E-state index in [9.17, 15) is 13.2 Å². The third kappa shape index (κ3) is 4.40. The normalized spacial score (nSPS) is 18.9. The summed E-state index contributed by atoms with van der Waals surface area (Å²) >= 11 is 3.34. The number of halogens is 1. The number of hydrogen-bond donors (Lipinski definition) is 0. The fraction of sp³-hybridized carbons (Fsp3) is 0.409. The van der Waals surface area contributed by atoms with Gasteiger partial charge < -0.3 is 9.80 Å². The second-order valence-electron chi connectivity index (χ2n) is 7.97. The van der Waals surface area contributed by atoms with Crippen LogP contribution in [-0.2, 0) is 16.6 Å². The van der Waals surface area contributed by atoms with Crippen LogP contribution in [0.2, 0.25) is 0 Å². The van der Waals surface area contributed by atoms with Gasteiger partial charge in [0, 0.05) is 43.2 Å². The van der Waals surface area contributed by atoms with Crippen LogP contribution in [0.15, 0.2) is 57.9 Å². The van der Waals surface area contributed by atoms with Crippen LogP contribution in [0.5, 0.6) is 0 Å². The molecule has 0 radical (unpaired) electrons. The number of carbonyl (C=O) groups excluding carboxylic acids is 1. The summed E-state index contributed by atoms with van der Waals surface area (Å²) in [6.45, 7) is 4.96. The van der Waals surface area contributed by atoms with Gasteiger partial charge in [0.1, 0.15) is 0 Å². The quantitative estimate of drug-likeness (QED) is 0.637. The Morgan fingerprint density at radius 2 is 1.57 bits per heavy atom. The Morgan fingerprint density at radius 1 is 0.933 bits per heavy atom. The van der Waals surface area contributed by atoms with Crippen LogP contribution < -0.4 is 0 Å². The second kappa shape index (κ2) is 8.69. The molecule has 4 rings (SSSR count). The van der Waals surface area contributed by atoms with Crippen molar-refractivity contribution in [2.75, 3.05) is 26.2 Å². The molecular formula is C22H26BrN3O3S. The monoisotopic (exact) mass is 491 g/mol. The summed E-state index contributed by atoms with van der Waals surface area (Å²) in [5.41, 5.74) is 2.34. The zero-order chi connectivity index (χ0) is 21.3. The maximum absolute atomic E-state index is 12.9. The molecule has 0 atom stereocenters. The highest BCUT2D eigenvalue weighted by molar-refractivity contribution is 9.10. The van der Waals surface area contributed by atoms with E-state index < -0.39 is 10.0 Å². The minimum Gasteiger partial charge on any atom is -0.320 e. The average molecular weight is 492 g/mol. The summed E-state index contributed by atoms with van der Waals surface area (Å²) in [7, 11) is -3.50. The van der Waals surface area contributed by atoms with Crippen LogP contribution in [0.4, 0.5) is 4.79 Å². The lowest BCUT2D eigenvalue weighted by Gasteiger charge is -2.35. The van der Waals surface area contributed by atoms with Crippen molar-refractivity contribution in [1.29, 1.82) is 0 Å². The maximum Gasteiger partial charge on any atom is 0.320 e. The van der Waals surface area contributed by atoms with Crippen LogP contribution in [-0.4, -0.2) is 60.8 Å². The fourth-order valence-electron chi connectivity index (χ4n) is 4.15. The first kappa shape index (κ1) is 21.3. The van der Waals surface area contributed by atoms with Crippen molar-refractivity contribution in [2.24, 2.45) is 0 Å². The minimum absolute atomic E-state index is 0.0600. The van der Waals surface area contributed by atoms with E-state index in [-0.39, 0.29) is 12.1 Å². The standard InChI is InChI=1S/C22H26BrN3O3S/c1-17-2-4-18(5-3-17)16-24-14-15-26(22(24)27)20-10-12-25(13-11-20)30(28,29)21-8-6-19(23)7-9-21/h2-9,20H,10-16H2,1H3. The molecule has 2 aromatic carbocycles. The summed E-state index contributed by atoms with van der Waals surface area (Å²) in [5, 5.41) is 0. The van der Waals surface area contributed by atoms with Crippen LogP contribution in [0.25, 0.3) is 0 Å². The molecule has 0 aromatic heterocycles. The molecule has 0 unspecified atom stereocenters. The van der Waals surface area contributed by atoms with Crippen LogP contribution in [0.1, 0.15) is 24.0 Å². The first-order valence-electron chi connectivity index (χ1n) is 10.2. The van der Waals surface area contributed by atoms with Crippen molar-refractivity contribution in [3.8, 4) is 0 Å². The summed E-state index contributed by atoms with van der Waals surface area (Å²) < 4.78 is 28.2. The number of nitrogens with zero attached hydrogens (tertiary/aromatic N) is 3. The number of benzene rings is 2. The van der Waals surface area contributed by atoms with Gasteiger partial charge in [0.05, 0.1) is 4.90 Å². The molecule has 160 valence electrons. The van der Waals surface area contributed by atoms with E-state index in [0.29, 0.717) is 50.5 Å². The lowest BCUT2D eigenvalue weighted by Crippen LogP contribution is -2.47. The largest absolute Gasteiger partial charge is 0.320 e. The smallest absolute Gasteiger partial charge is 0.320 e. The van der Waals surface area contributed by atoms with E-state index in [1.165, 1.54) is 9.87 Å². The highest BCUT2D eigenvalue weighted by Crippen LogP contribution is 2.26. The minimum atomic E-state index is -3.50.